The normalized spacial score (nSPS) is 19.2. The number of halogens is 1. The predicted molar refractivity (Wildman–Crippen MR) is 116 cm³/mol. The molecule has 3 aromatic rings. The topological polar surface area (TPSA) is 50.3 Å². The number of rotatable bonds is 5. The average molecular weight is 439 g/mol. The van der Waals surface area contributed by atoms with Gasteiger partial charge in [-0.3, -0.25) is 0 Å². The fraction of sp³-hybridized carbons (Fsp3) is 0.364. The van der Waals surface area contributed by atoms with Gasteiger partial charge < -0.3 is 15.0 Å². The van der Waals surface area contributed by atoms with E-state index in [2.05, 4.69) is 50.4 Å². The molecular formula is C22H23BrN4O. The molecule has 0 spiro atoms. The molecule has 6 heteroatoms. The minimum Gasteiger partial charge on any atom is -0.495 e. The molecule has 1 saturated heterocycles. The van der Waals surface area contributed by atoms with Crippen LogP contribution in [0.3, 0.4) is 0 Å². The number of nitrogens with zero attached hydrogens (tertiary/aromatic N) is 3. The van der Waals surface area contributed by atoms with E-state index in [1.54, 1.807) is 7.11 Å². The van der Waals surface area contributed by atoms with Crippen molar-refractivity contribution in [2.45, 2.75) is 31.2 Å². The number of methoxy groups -OCH3 is 1. The van der Waals surface area contributed by atoms with Crippen LogP contribution in [0.2, 0.25) is 0 Å². The Labute approximate surface area is 173 Å². The summed E-state index contributed by atoms with van der Waals surface area (Å²) < 4.78 is 6.55. The molecule has 1 aliphatic heterocycles. The van der Waals surface area contributed by atoms with Crippen molar-refractivity contribution in [2.24, 2.45) is 0 Å². The lowest BCUT2D eigenvalue weighted by molar-refractivity contribution is 0.416. The van der Waals surface area contributed by atoms with Crippen LogP contribution in [0.25, 0.3) is 10.9 Å². The first-order chi connectivity index (χ1) is 13.7. The summed E-state index contributed by atoms with van der Waals surface area (Å²) in [4.78, 5) is 12.2. The van der Waals surface area contributed by atoms with Gasteiger partial charge in [-0.1, -0.05) is 28.1 Å². The third-order valence-electron chi connectivity index (χ3n) is 5.55. The smallest absolute Gasteiger partial charge is 0.141 e. The molecule has 1 aromatic heterocycles. The van der Waals surface area contributed by atoms with Crippen molar-refractivity contribution in [3.8, 4) is 5.75 Å². The van der Waals surface area contributed by atoms with Crippen molar-refractivity contribution in [1.82, 2.24) is 9.97 Å². The molecule has 5 nitrogen and oxygen atoms in total. The van der Waals surface area contributed by atoms with Gasteiger partial charge in [0.15, 0.2) is 0 Å². The Bertz CT molecular complexity index is 1020. The second kappa shape index (κ2) is 7.24. The third-order valence-corrected chi connectivity index (χ3v) is 6.05. The Kier molecular flexibility index (Phi) is 4.59. The highest BCUT2D eigenvalue weighted by atomic mass is 79.9. The number of para-hydroxylation sites is 2. The number of ether oxygens (including phenoxy) is 1. The van der Waals surface area contributed by atoms with E-state index in [4.69, 9.17) is 14.7 Å². The van der Waals surface area contributed by atoms with E-state index in [0.29, 0.717) is 12.0 Å². The van der Waals surface area contributed by atoms with Gasteiger partial charge in [0.2, 0.25) is 0 Å². The summed E-state index contributed by atoms with van der Waals surface area (Å²) in [6.45, 7) is 1.90. The molecule has 28 heavy (non-hydrogen) atoms. The van der Waals surface area contributed by atoms with E-state index in [1.807, 2.05) is 18.2 Å². The molecule has 2 heterocycles. The van der Waals surface area contributed by atoms with Crippen LogP contribution < -0.4 is 15.0 Å². The minimum atomic E-state index is 0.359. The fourth-order valence-corrected chi connectivity index (χ4v) is 4.28. The maximum absolute atomic E-state index is 5.49. The van der Waals surface area contributed by atoms with Crippen molar-refractivity contribution in [2.75, 3.05) is 30.4 Å². The van der Waals surface area contributed by atoms with Crippen LogP contribution in [-0.4, -0.2) is 36.2 Å². The zero-order valence-electron chi connectivity index (χ0n) is 15.9. The molecule has 0 bridgehead atoms. The lowest BCUT2D eigenvalue weighted by Crippen LogP contribution is -2.27. The number of hydrogen-bond acceptors (Lipinski definition) is 5. The first-order valence-corrected chi connectivity index (χ1v) is 10.6. The molecule has 2 aliphatic rings. The van der Waals surface area contributed by atoms with Gasteiger partial charge in [-0.25, -0.2) is 9.97 Å². The van der Waals surface area contributed by atoms with Gasteiger partial charge in [0.1, 0.15) is 17.4 Å². The fourth-order valence-electron chi connectivity index (χ4n) is 3.92. The van der Waals surface area contributed by atoms with E-state index in [-0.39, 0.29) is 0 Å². The minimum absolute atomic E-state index is 0.359. The maximum Gasteiger partial charge on any atom is 0.141 e. The quantitative estimate of drug-likeness (QED) is 0.609. The maximum atomic E-state index is 5.49. The third kappa shape index (κ3) is 3.41. The van der Waals surface area contributed by atoms with Crippen LogP contribution in [0.5, 0.6) is 5.75 Å². The first-order valence-electron chi connectivity index (χ1n) is 9.83. The van der Waals surface area contributed by atoms with Crippen LogP contribution in [0.4, 0.5) is 11.5 Å². The molecule has 5 rings (SSSR count). The summed E-state index contributed by atoms with van der Waals surface area (Å²) in [7, 11) is 1.71. The highest BCUT2D eigenvalue weighted by Gasteiger charge is 2.30. The SMILES string of the molecule is COc1ccccc1NC1CCN(c2nc(C3CC3)nc3ccc(Br)cc23)C1. The number of anilines is 2. The number of hydrogen-bond donors (Lipinski definition) is 1. The second-order valence-corrected chi connectivity index (χ2v) is 8.53. The molecular weight excluding hydrogens is 416 g/mol. The van der Waals surface area contributed by atoms with Gasteiger partial charge in [-0.15, -0.1) is 0 Å². The zero-order valence-corrected chi connectivity index (χ0v) is 17.4. The van der Waals surface area contributed by atoms with E-state index in [0.717, 1.165) is 58.0 Å². The summed E-state index contributed by atoms with van der Waals surface area (Å²) >= 11 is 3.61. The summed E-state index contributed by atoms with van der Waals surface area (Å²) in [5.74, 6) is 3.49. The van der Waals surface area contributed by atoms with E-state index in [1.165, 1.54) is 12.8 Å². The van der Waals surface area contributed by atoms with Gasteiger partial charge in [-0.2, -0.15) is 0 Å². The molecule has 0 amide bonds. The van der Waals surface area contributed by atoms with Crippen LogP contribution >= 0.6 is 15.9 Å². The number of nitrogens with one attached hydrogen (secondary N) is 1. The highest BCUT2D eigenvalue weighted by Crippen LogP contribution is 2.40. The molecule has 144 valence electrons. The number of benzene rings is 2. The van der Waals surface area contributed by atoms with E-state index >= 15 is 0 Å². The number of aromatic nitrogens is 2. The van der Waals surface area contributed by atoms with Crippen LogP contribution in [-0.2, 0) is 0 Å². The molecule has 1 saturated carbocycles. The van der Waals surface area contributed by atoms with Crippen molar-refractivity contribution in [1.29, 1.82) is 0 Å². The Hall–Kier alpha value is -2.34. The van der Waals surface area contributed by atoms with Gasteiger partial charge >= 0.3 is 0 Å². The molecule has 1 atom stereocenters. The molecule has 2 aromatic carbocycles. The van der Waals surface area contributed by atoms with E-state index in [9.17, 15) is 0 Å². The molecule has 1 aliphatic carbocycles. The summed E-state index contributed by atoms with van der Waals surface area (Å²) in [6.07, 6.45) is 3.48. The molecule has 2 fully saturated rings. The highest BCUT2D eigenvalue weighted by molar-refractivity contribution is 9.10. The first kappa shape index (κ1) is 17.7. The van der Waals surface area contributed by atoms with Gasteiger partial charge in [-0.05, 0) is 49.6 Å². The molecule has 1 unspecified atom stereocenters. The van der Waals surface area contributed by atoms with Gasteiger partial charge in [0.05, 0.1) is 18.3 Å². The summed E-state index contributed by atoms with van der Waals surface area (Å²) in [5.41, 5.74) is 2.09. The second-order valence-electron chi connectivity index (χ2n) is 7.62. The van der Waals surface area contributed by atoms with Crippen LogP contribution in [0.1, 0.15) is 31.0 Å². The number of fused-ring (bicyclic) bond motifs is 1. The largest absolute Gasteiger partial charge is 0.495 e. The standard InChI is InChI=1S/C22H23BrN4O/c1-28-20-5-3-2-4-19(20)24-16-10-11-27(13-16)22-17-12-15(23)8-9-18(17)25-21(26-22)14-6-7-14/h2-5,8-9,12,14,16,24H,6-7,10-11,13H2,1H3. The van der Waals surface area contributed by atoms with Crippen molar-refractivity contribution >= 4 is 38.3 Å². The Morgan fingerprint density at radius 1 is 1.11 bits per heavy atom. The zero-order chi connectivity index (χ0) is 19.1. The Morgan fingerprint density at radius 2 is 1.96 bits per heavy atom. The van der Waals surface area contributed by atoms with Crippen molar-refractivity contribution < 1.29 is 4.74 Å². The van der Waals surface area contributed by atoms with Crippen LogP contribution in [0, 0.1) is 0 Å². The van der Waals surface area contributed by atoms with Gasteiger partial charge in [0, 0.05) is 34.9 Å². The average Bonchev–Trinajstić information content (AvgIpc) is 3.47. The molecule has 1 N–H and O–H groups in total. The Morgan fingerprint density at radius 3 is 2.79 bits per heavy atom. The van der Waals surface area contributed by atoms with Crippen LogP contribution in [0.15, 0.2) is 46.9 Å². The predicted octanol–water partition coefficient (Wildman–Crippen LogP) is 4.97. The molecule has 0 radical (unpaired) electrons. The van der Waals surface area contributed by atoms with Crippen molar-refractivity contribution in [3.05, 3.63) is 52.8 Å². The van der Waals surface area contributed by atoms with E-state index < -0.39 is 0 Å². The summed E-state index contributed by atoms with van der Waals surface area (Å²) in [5, 5.41) is 4.77. The monoisotopic (exact) mass is 438 g/mol. The van der Waals surface area contributed by atoms with Crippen molar-refractivity contribution in [3.63, 3.8) is 0 Å². The van der Waals surface area contributed by atoms with Gasteiger partial charge in [0.25, 0.3) is 0 Å². The summed E-state index contributed by atoms with van der Waals surface area (Å²) in [6, 6.07) is 14.8. The lowest BCUT2D eigenvalue weighted by atomic mass is 10.2. The Balaban J connectivity index is 1.43. The lowest BCUT2D eigenvalue weighted by Gasteiger charge is -2.21.